The van der Waals surface area contributed by atoms with Gasteiger partial charge < -0.3 is 19.7 Å². The van der Waals surface area contributed by atoms with E-state index in [1.807, 2.05) is 0 Å². The summed E-state index contributed by atoms with van der Waals surface area (Å²) in [6.07, 6.45) is -2.86. The van der Waals surface area contributed by atoms with Crippen LogP contribution < -0.4 is 10.9 Å². The van der Waals surface area contributed by atoms with Crippen molar-refractivity contribution in [3.63, 3.8) is 0 Å². The van der Waals surface area contributed by atoms with E-state index in [1.165, 1.54) is 42.1 Å². The summed E-state index contributed by atoms with van der Waals surface area (Å²) < 4.78 is 44.8. The highest BCUT2D eigenvalue weighted by Crippen LogP contribution is 2.29. The van der Waals surface area contributed by atoms with Gasteiger partial charge in [-0.05, 0) is 66.1 Å². The smallest absolute Gasteiger partial charge is 0.416 e. The van der Waals surface area contributed by atoms with E-state index in [1.54, 1.807) is 30.3 Å². The highest BCUT2D eigenvalue weighted by atomic mass is 19.4. The highest BCUT2D eigenvalue weighted by Gasteiger charge is 2.30. The first-order valence-electron chi connectivity index (χ1n) is 12.2. The molecule has 1 amide bonds. The first-order valence-corrected chi connectivity index (χ1v) is 12.2. The van der Waals surface area contributed by atoms with Crippen molar-refractivity contribution >= 4 is 23.5 Å². The van der Waals surface area contributed by atoms with Crippen LogP contribution >= 0.6 is 0 Å². The zero-order valence-corrected chi connectivity index (χ0v) is 21.6. The Hall–Kier alpha value is -5.19. The lowest BCUT2D eigenvalue weighted by Gasteiger charge is -2.14. The lowest BCUT2D eigenvalue weighted by atomic mass is 10.0. The molecule has 210 valence electrons. The molecule has 0 saturated carbocycles. The average molecular weight is 565 g/mol. The Morgan fingerprint density at radius 3 is 2.15 bits per heavy atom. The topological polar surface area (TPSA) is 115 Å². The first kappa shape index (κ1) is 28.8. The number of carboxylic acid groups (broad SMARTS) is 1. The fraction of sp³-hybridized carbons (Fsp3) is 0.133. The lowest BCUT2D eigenvalue weighted by Crippen LogP contribution is -2.27. The van der Waals surface area contributed by atoms with E-state index in [0.717, 1.165) is 24.3 Å². The number of pyridine rings is 1. The Bertz CT molecular complexity index is 1660. The number of benzene rings is 3. The van der Waals surface area contributed by atoms with Crippen LogP contribution in [0.3, 0.4) is 0 Å². The highest BCUT2D eigenvalue weighted by molar-refractivity contribution is 6.04. The van der Waals surface area contributed by atoms with Crippen molar-refractivity contribution in [1.82, 2.24) is 4.57 Å². The van der Waals surface area contributed by atoms with Gasteiger partial charge in [0.2, 0.25) is 0 Å². The number of hydrogen-bond acceptors (Lipinski definition) is 5. The minimum absolute atomic E-state index is 0.0559. The van der Waals surface area contributed by atoms with E-state index in [-0.39, 0.29) is 29.8 Å². The number of esters is 1. The van der Waals surface area contributed by atoms with Gasteiger partial charge in [-0.15, -0.1) is 0 Å². The Balaban J connectivity index is 1.70. The van der Waals surface area contributed by atoms with Crippen LogP contribution in [0.5, 0.6) is 0 Å². The normalized spacial score (nSPS) is 11.1. The van der Waals surface area contributed by atoms with Crippen LogP contribution in [0.25, 0.3) is 11.1 Å². The van der Waals surface area contributed by atoms with Gasteiger partial charge in [0.15, 0.2) is 0 Å². The molecular formula is C30H23F3N2O6. The molecular weight excluding hydrogens is 541 g/mol. The van der Waals surface area contributed by atoms with Crippen molar-refractivity contribution in [3.8, 4) is 11.1 Å². The number of hydrogen-bond donors (Lipinski definition) is 2. The fourth-order valence-electron chi connectivity index (χ4n) is 4.16. The van der Waals surface area contributed by atoms with E-state index in [2.05, 4.69) is 5.32 Å². The number of aromatic nitrogens is 1. The number of carbonyl (C=O) groups is 3. The van der Waals surface area contributed by atoms with E-state index in [9.17, 15) is 37.5 Å². The summed E-state index contributed by atoms with van der Waals surface area (Å²) in [4.78, 5) is 49.7. The summed E-state index contributed by atoms with van der Waals surface area (Å²) in [5.41, 5.74) is 0.191. The Labute approximate surface area is 231 Å². The molecule has 8 nitrogen and oxygen atoms in total. The van der Waals surface area contributed by atoms with Gasteiger partial charge in [-0.2, -0.15) is 13.2 Å². The maximum atomic E-state index is 13.3. The van der Waals surface area contributed by atoms with E-state index in [0.29, 0.717) is 22.3 Å². The molecule has 11 heteroatoms. The summed E-state index contributed by atoms with van der Waals surface area (Å²) in [5, 5.41) is 12.0. The van der Waals surface area contributed by atoms with Gasteiger partial charge in [0.1, 0.15) is 5.69 Å². The van der Waals surface area contributed by atoms with Gasteiger partial charge in [0.25, 0.3) is 11.5 Å². The summed E-state index contributed by atoms with van der Waals surface area (Å²) in [7, 11) is 1.25. The minimum atomic E-state index is -4.57. The van der Waals surface area contributed by atoms with Crippen LogP contribution in [-0.4, -0.2) is 34.6 Å². The molecule has 1 aromatic heterocycles. The number of anilines is 1. The summed E-state index contributed by atoms with van der Waals surface area (Å²) in [5.74, 6) is -2.45. The standard InChI is InChI=1S/C30H23F3N2O6/c1-41-29(40)21-8-6-18(7-9-21)22-16-25(34-26(36)20-10-12-23(13-11-20)30(31,32)33)27(37)35(17-22)15-14-19-4-2-3-5-24(19)28(38)39/h2-13,16-17H,14-15H2,1H3,(H,34,36)(H,38,39). The molecule has 41 heavy (non-hydrogen) atoms. The molecule has 4 aromatic rings. The van der Waals surface area contributed by atoms with E-state index >= 15 is 0 Å². The zero-order chi connectivity index (χ0) is 29.7. The summed E-state index contributed by atoms with van der Waals surface area (Å²) in [6.45, 7) is 0.0559. The number of rotatable bonds is 8. The minimum Gasteiger partial charge on any atom is -0.478 e. The van der Waals surface area contributed by atoms with Crippen LogP contribution in [0.1, 0.15) is 42.2 Å². The first-order chi connectivity index (χ1) is 19.5. The van der Waals surface area contributed by atoms with Gasteiger partial charge in [-0.1, -0.05) is 30.3 Å². The van der Waals surface area contributed by atoms with Crippen molar-refractivity contribution in [1.29, 1.82) is 0 Å². The van der Waals surface area contributed by atoms with Crippen LogP contribution in [0, 0.1) is 0 Å². The fourth-order valence-corrected chi connectivity index (χ4v) is 4.16. The van der Waals surface area contributed by atoms with Gasteiger partial charge in [0, 0.05) is 23.9 Å². The predicted molar refractivity (Wildman–Crippen MR) is 144 cm³/mol. The maximum absolute atomic E-state index is 13.3. The molecule has 0 bridgehead atoms. The number of nitrogens with one attached hydrogen (secondary N) is 1. The number of aryl methyl sites for hydroxylation is 2. The second-order valence-electron chi connectivity index (χ2n) is 8.95. The second-order valence-corrected chi connectivity index (χ2v) is 8.95. The molecule has 0 aliphatic rings. The Kier molecular flexibility index (Phi) is 8.37. The van der Waals surface area contributed by atoms with Crippen molar-refractivity contribution < 1.29 is 37.4 Å². The average Bonchev–Trinajstić information content (AvgIpc) is 2.96. The summed E-state index contributed by atoms with van der Waals surface area (Å²) in [6, 6.07) is 17.6. The second kappa shape index (κ2) is 11.9. The monoisotopic (exact) mass is 564 g/mol. The van der Waals surface area contributed by atoms with Crippen molar-refractivity contribution in [2.75, 3.05) is 12.4 Å². The molecule has 0 fully saturated rings. The lowest BCUT2D eigenvalue weighted by molar-refractivity contribution is -0.137. The Morgan fingerprint density at radius 1 is 0.902 bits per heavy atom. The molecule has 4 rings (SSSR count). The van der Waals surface area contributed by atoms with Gasteiger partial charge in [-0.25, -0.2) is 9.59 Å². The molecule has 0 unspecified atom stereocenters. The third-order valence-electron chi connectivity index (χ3n) is 6.32. The summed E-state index contributed by atoms with van der Waals surface area (Å²) >= 11 is 0. The third-order valence-corrected chi connectivity index (χ3v) is 6.32. The quantitative estimate of drug-likeness (QED) is 0.273. The van der Waals surface area contributed by atoms with Gasteiger partial charge in [-0.3, -0.25) is 9.59 Å². The number of alkyl halides is 3. The van der Waals surface area contributed by atoms with Gasteiger partial charge in [0.05, 0.1) is 23.8 Å². The predicted octanol–water partition coefficient (Wildman–Crippen LogP) is 5.51. The molecule has 0 spiro atoms. The van der Waals surface area contributed by atoms with E-state index < -0.39 is 35.1 Å². The molecule has 0 radical (unpaired) electrons. The largest absolute Gasteiger partial charge is 0.478 e. The molecule has 1 heterocycles. The molecule has 2 N–H and O–H groups in total. The molecule has 0 aliphatic carbocycles. The number of ether oxygens (including phenoxy) is 1. The third kappa shape index (κ3) is 6.70. The number of amides is 1. The van der Waals surface area contributed by atoms with Crippen LogP contribution in [-0.2, 0) is 23.9 Å². The number of halogens is 3. The SMILES string of the molecule is COC(=O)c1ccc(-c2cc(NC(=O)c3ccc(C(F)(F)F)cc3)c(=O)n(CCc3ccccc3C(=O)O)c2)cc1. The number of carboxylic acids is 1. The van der Waals surface area contributed by atoms with Crippen LogP contribution in [0.2, 0.25) is 0 Å². The Morgan fingerprint density at radius 2 is 1.54 bits per heavy atom. The number of aromatic carboxylic acids is 1. The molecule has 3 aromatic carbocycles. The van der Waals surface area contributed by atoms with Crippen molar-refractivity contribution in [3.05, 3.63) is 123 Å². The van der Waals surface area contributed by atoms with Crippen LogP contribution in [0.15, 0.2) is 89.9 Å². The number of nitrogens with zero attached hydrogens (tertiary/aromatic N) is 1. The molecule has 0 atom stereocenters. The van der Waals surface area contributed by atoms with Crippen LogP contribution in [0.4, 0.5) is 18.9 Å². The van der Waals surface area contributed by atoms with Gasteiger partial charge >= 0.3 is 18.1 Å². The number of methoxy groups -OCH3 is 1. The molecule has 0 aliphatic heterocycles. The zero-order valence-electron chi connectivity index (χ0n) is 21.6. The number of carbonyl (C=O) groups excluding carboxylic acids is 2. The maximum Gasteiger partial charge on any atom is 0.416 e. The van der Waals surface area contributed by atoms with E-state index in [4.69, 9.17) is 4.74 Å². The molecule has 0 saturated heterocycles. The van der Waals surface area contributed by atoms with Crippen molar-refractivity contribution in [2.45, 2.75) is 19.1 Å². The van der Waals surface area contributed by atoms with Crippen molar-refractivity contribution in [2.24, 2.45) is 0 Å².